The molecule has 0 radical (unpaired) electrons. The molecule has 0 saturated heterocycles. The highest BCUT2D eigenvalue weighted by atomic mass is 19.1. The van der Waals surface area contributed by atoms with E-state index in [1.807, 2.05) is 13.0 Å². The summed E-state index contributed by atoms with van der Waals surface area (Å²) in [4.78, 5) is 0. The fraction of sp³-hybridized carbons (Fsp3) is 0.571. The summed E-state index contributed by atoms with van der Waals surface area (Å²) >= 11 is 0. The van der Waals surface area contributed by atoms with Gasteiger partial charge in [0.2, 0.25) is 0 Å². The Morgan fingerprint density at radius 1 is 1.31 bits per heavy atom. The van der Waals surface area contributed by atoms with Crippen molar-refractivity contribution in [3.8, 4) is 0 Å². The Hall–Kier alpha value is -0.890. The summed E-state index contributed by atoms with van der Waals surface area (Å²) in [6.45, 7) is 4.28. The van der Waals surface area contributed by atoms with Crippen molar-refractivity contribution in [2.24, 2.45) is 11.7 Å². The van der Waals surface area contributed by atoms with E-state index in [9.17, 15) is 4.39 Å². The Bertz CT molecular complexity index is 378. The zero-order valence-electron chi connectivity index (χ0n) is 10.1. The average Bonchev–Trinajstić information content (AvgIpc) is 2.26. The van der Waals surface area contributed by atoms with Crippen molar-refractivity contribution >= 4 is 0 Å². The van der Waals surface area contributed by atoms with E-state index in [1.54, 1.807) is 6.07 Å². The predicted octanol–water partition coefficient (Wildman–Crippen LogP) is 3.50. The highest BCUT2D eigenvalue weighted by molar-refractivity contribution is 5.33. The van der Waals surface area contributed by atoms with Gasteiger partial charge in [-0.2, -0.15) is 0 Å². The molecule has 2 N–H and O–H groups in total. The largest absolute Gasteiger partial charge is 0.321 e. The van der Waals surface area contributed by atoms with Gasteiger partial charge < -0.3 is 5.73 Å². The number of rotatable bonds is 1. The van der Waals surface area contributed by atoms with Gasteiger partial charge >= 0.3 is 0 Å². The van der Waals surface area contributed by atoms with Gasteiger partial charge in [0.1, 0.15) is 5.82 Å². The average molecular weight is 221 g/mol. The van der Waals surface area contributed by atoms with Gasteiger partial charge in [0.25, 0.3) is 0 Å². The quantitative estimate of drug-likeness (QED) is 0.771. The molecule has 16 heavy (non-hydrogen) atoms. The molecule has 1 saturated carbocycles. The molecule has 2 heteroatoms. The zero-order chi connectivity index (χ0) is 11.8. The van der Waals surface area contributed by atoms with Crippen LogP contribution in [0, 0.1) is 18.7 Å². The van der Waals surface area contributed by atoms with E-state index in [1.165, 1.54) is 6.07 Å². The van der Waals surface area contributed by atoms with Crippen molar-refractivity contribution in [1.82, 2.24) is 0 Å². The van der Waals surface area contributed by atoms with E-state index in [0.29, 0.717) is 0 Å². The maximum absolute atomic E-state index is 13.3. The standard InChI is InChI=1S/C14H20FN/c1-10-5-7-14(16,8-6-10)13-9-12(15)4-3-11(13)2/h3-4,9-10H,5-8,16H2,1-2H3. The summed E-state index contributed by atoms with van der Waals surface area (Å²) in [5.74, 6) is 0.578. The third-order valence-corrected chi connectivity index (χ3v) is 3.90. The third-order valence-electron chi connectivity index (χ3n) is 3.90. The first kappa shape index (κ1) is 11.6. The lowest BCUT2D eigenvalue weighted by Gasteiger charge is -2.37. The lowest BCUT2D eigenvalue weighted by molar-refractivity contribution is 0.246. The van der Waals surface area contributed by atoms with Gasteiger partial charge in [0.05, 0.1) is 0 Å². The second-order valence-corrected chi connectivity index (χ2v) is 5.30. The Morgan fingerprint density at radius 2 is 1.94 bits per heavy atom. The van der Waals surface area contributed by atoms with Crippen LogP contribution in [0.25, 0.3) is 0 Å². The summed E-state index contributed by atoms with van der Waals surface area (Å²) in [5.41, 5.74) is 8.25. The van der Waals surface area contributed by atoms with Crippen LogP contribution in [0.15, 0.2) is 18.2 Å². The van der Waals surface area contributed by atoms with Crippen LogP contribution in [0.3, 0.4) is 0 Å². The van der Waals surface area contributed by atoms with E-state index in [2.05, 4.69) is 6.92 Å². The van der Waals surface area contributed by atoms with E-state index in [-0.39, 0.29) is 11.4 Å². The van der Waals surface area contributed by atoms with Crippen LogP contribution >= 0.6 is 0 Å². The SMILES string of the molecule is Cc1ccc(F)cc1C1(N)CCC(C)CC1. The maximum Gasteiger partial charge on any atom is 0.123 e. The zero-order valence-corrected chi connectivity index (χ0v) is 10.1. The van der Waals surface area contributed by atoms with Gasteiger partial charge in [-0.05, 0) is 61.8 Å². The number of hydrogen-bond donors (Lipinski definition) is 1. The lowest BCUT2D eigenvalue weighted by atomic mass is 9.73. The van der Waals surface area contributed by atoms with Crippen LogP contribution < -0.4 is 5.73 Å². The molecule has 0 unspecified atom stereocenters. The number of halogens is 1. The van der Waals surface area contributed by atoms with Gasteiger partial charge in [-0.15, -0.1) is 0 Å². The molecule has 2 rings (SSSR count). The van der Waals surface area contributed by atoms with Gasteiger partial charge in [-0.3, -0.25) is 0 Å². The number of nitrogens with two attached hydrogens (primary N) is 1. The van der Waals surface area contributed by atoms with Gasteiger partial charge in [0, 0.05) is 5.54 Å². The minimum Gasteiger partial charge on any atom is -0.321 e. The molecule has 0 bridgehead atoms. The molecule has 0 aromatic heterocycles. The van der Waals surface area contributed by atoms with Gasteiger partial charge in [-0.25, -0.2) is 4.39 Å². The molecular formula is C14H20FN. The van der Waals surface area contributed by atoms with E-state index >= 15 is 0 Å². The first-order chi connectivity index (χ1) is 7.51. The van der Waals surface area contributed by atoms with Crippen LogP contribution in [-0.4, -0.2) is 0 Å². The van der Waals surface area contributed by atoms with Crippen molar-refractivity contribution in [1.29, 1.82) is 0 Å². The van der Waals surface area contributed by atoms with Crippen LogP contribution in [-0.2, 0) is 5.54 Å². The molecule has 1 aromatic carbocycles. The van der Waals surface area contributed by atoms with Gasteiger partial charge in [-0.1, -0.05) is 13.0 Å². The molecule has 88 valence electrons. The van der Waals surface area contributed by atoms with E-state index < -0.39 is 0 Å². The van der Waals surface area contributed by atoms with Crippen molar-refractivity contribution < 1.29 is 4.39 Å². The van der Waals surface area contributed by atoms with Crippen molar-refractivity contribution in [2.75, 3.05) is 0 Å². The first-order valence-electron chi connectivity index (χ1n) is 6.07. The second kappa shape index (κ2) is 4.17. The molecule has 0 atom stereocenters. The van der Waals surface area contributed by atoms with Crippen LogP contribution in [0.5, 0.6) is 0 Å². The molecule has 0 amide bonds. The normalized spacial score (nSPS) is 30.4. The summed E-state index contributed by atoms with van der Waals surface area (Å²) in [7, 11) is 0. The van der Waals surface area contributed by atoms with E-state index in [0.717, 1.165) is 42.7 Å². The fourth-order valence-corrected chi connectivity index (χ4v) is 2.68. The van der Waals surface area contributed by atoms with Crippen molar-refractivity contribution in [3.05, 3.63) is 35.1 Å². The minimum absolute atomic E-state index is 0.177. The first-order valence-corrected chi connectivity index (χ1v) is 6.07. The number of benzene rings is 1. The molecule has 0 spiro atoms. The van der Waals surface area contributed by atoms with Crippen molar-refractivity contribution in [3.63, 3.8) is 0 Å². The van der Waals surface area contributed by atoms with Crippen LogP contribution in [0.2, 0.25) is 0 Å². The molecule has 1 aromatic rings. The maximum atomic E-state index is 13.3. The highest BCUT2D eigenvalue weighted by Crippen LogP contribution is 2.38. The summed E-state index contributed by atoms with van der Waals surface area (Å²) in [5, 5.41) is 0. The molecule has 0 aliphatic heterocycles. The summed E-state index contributed by atoms with van der Waals surface area (Å²) < 4.78 is 13.3. The lowest BCUT2D eigenvalue weighted by Crippen LogP contribution is -2.40. The Morgan fingerprint density at radius 3 is 2.56 bits per heavy atom. The smallest absolute Gasteiger partial charge is 0.123 e. The van der Waals surface area contributed by atoms with Crippen LogP contribution in [0.4, 0.5) is 4.39 Å². The van der Waals surface area contributed by atoms with Crippen molar-refractivity contribution in [2.45, 2.75) is 45.1 Å². The van der Waals surface area contributed by atoms with E-state index in [4.69, 9.17) is 5.73 Å². The molecule has 0 heterocycles. The number of hydrogen-bond acceptors (Lipinski definition) is 1. The Kier molecular flexibility index (Phi) is 3.02. The third kappa shape index (κ3) is 2.12. The molecule has 1 fully saturated rings. The molecule has 1 aliphatic carbocycles. The molecule has 1 aliphatic rings. The highest BCUT2D eigenvalue weighted by Gasteiger charge is 2.33. The second-order valence-electron chi connectivity index (χ2n) is 5.30. The minimum atomic E-state index is -0.307. The molecule has 1 nitrogen and oxygen atoms in total. The fourth-order valence-electron chi connectivity index (χ4n) is 2.68. The number of aryl methyl sites for hydroxylation is 1. The summed E-state index contributed by atoms with van der Waals surface area (Å²) in [6.07, 6.45) is 4.23. The summed E-state index contributed by atoms with van der Waals surface area (Å²) in [6, 6.07) is 4.95. The van der Waals surface area contributed by atoms with Gasteiger partial charge in [0.15, 0.2) is 0 Å². The van der Waals surface area contributed by atoms with Crippen LogP contribution in [0.1, 0.15) is 43.7 Å². The monoisotopic (exact) mass is 221 g/mol. The Labute approximate surface area is 96.9 Å². The Balaban J connectivity index is 2.32. The molecular weight excluding hydrogens is 201 g/mol. The topological polar surface area (TPSA) is 26.0 Å². The predicted molar refractivity (Wildman–Crippen MR) is 64.6 cm³/mol.